The topological polar surface area (TPSA) is 150 Å². The number of hydrogen-bond acceptors (Lipinski definition) is 11. The van der Waals surface area contributed by atoms with Crippen LogP contribution < -0.4 is 5.32 Å². The SMILES string of the molecule is COCCOCCOCCO[C@H](C)[C@@H](CN[C@]12CC[C@@H](C(C)C)[C@@H]1[C@H]1CC[C@@H]3[C@@]4(C)CC[C@H](OC(=O)CC(C)(C)CC(=O)O)C(C)(C)[C@@H]4CC[C@@]3(C)[C@]1(C)CC2)N1CCS(=O)(=O)CC1. The molecule has 6 rings (SSSR count). The summed E-state index contributed by atoms with van der Waals surface area (Å²) in [5.41, 5.74) is -0.253. The molecule has 0 aromatic heterocycles. The summed E-state index contributed by atoms with van der Waals surface area (Å²) in [5, 5.41) is 13.8. The number of esters is 1. The van der Waals surface area contributed by atoms with Gasteiger partial charge in [-0.05, 0) is 128 Å². The minimum atomic E-state index is -3.03. The van der Waals surface area contributed by atoms with Gasteiger partial charge in [-0.3, -0.25) is 14.5 Å². The summed E-state index contributed by atoms with van der Waals surface area (Å²) in [7, 11) is -1.37. The van der Waals surface area contributed by atoms with Crippen LogP contribution in [0, 0.1) is 62.6 Å². The summed E-state index contributed by atoms with van der Waals surface area (Å²) in [4.78, 5) is 27.2. The average Bonchev–Trinajstić information content (AvgIpc) is 3.58. The van der Waals surface area contributed by atoms with Crippen LogP contribution >= 0.6 is 0 Å². The van der Waals surface area contributed by atoms with Crippen molar-refractivity contribution in [3.63, 3.8) is 0 Å². The van der Waals surface area contributed by atoms with Crippen LogP contribution in [0.5, 0.6) is 0 Å². The molecule has 1 heterocycles. The zero-order chi connectivity index (χ0) is 46.9. The fourth-order valence-corrected chi connectivity index (χ4v) is 17.0. The quantitative estimate of drug-likeness (QED) is 0.0848. The van der Waals surface area contributed by atoms with Gasteiger partial charge in [-0.2, -0.15) is 0 Å². The summed E-state index contributed by atoms with van der Waals surface area (Å²) >= 11 is 0. The van der Waals surface area contributed by atoms with Gasteiger partial charge in [0.05, 0.1) is 70.1 Å². The molecule has 12 atom stereocenters. The number of nitrogens with one attached hydrogen (secondary N) is 1. The molecule has 64 heavy (non-hydrogen) atoms. The predicted molar refractivity (Wildman–Crippen MR) is 251 cm³/mol. The Labute approximate surface area is 388 Å². The summed E-state index contributed by atoms with van der Waals surface area (Å²) < 4.78 is 54.4. The molecule has 5 aliphatic carbocycles. The lowest BCUT2D eigenvalue weighted by Gasteiger charge is -2.73. The smallest absolute Gasteiger partial charge is 0.306 e. The number of carboxylic acid groups (broad SMARTS) is 1. The third-order valence-electron chi connectivity index (χ3n) is 19.3. The van der Waals surface area contributed by atoms with Crippen LogP contribution in [0.3, 0.4) is 0 Å². The van der Waals surface area contributed by atoms with Gasteiger partial charge in [-0.1, -0.05) is 62.3 Å². The van der Waals surface area contributed by atoms with E-state index in [4.69, 9.17) is 23.7 Å². The highest BCUT2D eigenvalue weighted by molar-refractivity contribution is 7.91. The van der Waals surface area contributed by atoms with Crippen LogP contribution in [0.15, 0.2) is 0 Å². The first-order valence-corrected chi connectivity index (χ1v) is 27.1. The molecule has 0 aromatic carbocycles. The Morgan fingerprint density at radius 2 is 1.44 bits per heavy atom. The van der Waals surface area contributed by atoms with Crippen molar-refractivity contribution in [3.05, 3.63) is 0 Å². The van der Waals surface area contributed by atoms with Gasteiger partial charge in [0.25, 0.3) is 0 Å². The van der Waals surface area contributed by atoms with E-state index < -0.39 is 21.2 Å². The number of rotatable bonds is 21. The minimum Gasteiger partial charge on any atom is -0.481 e. The van der Waals surface area contributed by atoms with E-state index in [0.29, 0.717) is 88.2 Å². The molecule has 1 aliphatic heterocycles. The Kier molecular flexibility index (Phi) is 16.5. The minimum absolute atomic E-state index is 0.0398. The highest BCUT2D eigenvalue weighted by Crippen LogP contribution is 2.76. The summed E-state index contributed by atoms with van der Waals surface area (Å²) in [5.74, 6) is 2.70. The van der Waals surface area contributed by atoms with Gasteiger partial charge in [0, 0.05) is 43.7 Å². The molecule has 2 N–H and O–H groups in total. The Bertz CT molecular complexity index is 1690. The number of methoxy groups -OCH3 is 1. The Morgan fingerprint density at radius 3 is 2.08 bits per heavy atom. The third-order valence-corrected chi connectivity index (χ3v) is 20.9. The molecule has 0 spiro atoms. The Hall–Kier alpha value is -1.35. The van der Waals surface area contributed by atoms with Gasteiger partial charge < -0.3 is 34.1 Å². The van der Waals surface area contributed by atoms with Crippen molar-refractivity contribution in [1.82, 2.24) is 10.2 Å². The molecule has 1 saturated heterocycles. The van der Waals surface area contributed by atoms with E-state index in [1.807, 2.05) is 13.8 Å². The lowest BCUT2D eigenvalue weighted by molar-refractivity contribution is -0.247. The standard InChI is InChI=1S/C51H90N2O10S/c1-35(2)37-14-19-51(52-34-39(53-22-30-64(57,58)31-23-53)36(3)62-29-28-61-27-26-60-25-24-59-11)21-20-49(9)38(45(37)51)12-13-41-48(8)17-16-42(47(6,7)40(48)15-18-50(41,49)10)63-44(56)33-46(4,5)32-43(54)55/h35-42,45,52H,12-34H2,1-11H3,(H,54,55)/t36-,37+,38-,39-,40+,41-,42+,45-,48+,49-,50-,51+/m1/s1. The first-order valence-electron chi connectivity index (χ1n) is 25.3. The van der Waals surface area contributed by atoms with Gasteiger partial charge in [0.15, 0.2) is 9.84 Å². The van der Waals surface area contributed by atoms with Crippen LogP contribution in [-0.4, -0.2) is 132 Å². The predicted octanol–water partition coefficient (Wildman–Crippen LogP) is 8.05. The maximum absolute atomic E-state index is 13.4. The second kappa shape index (κ2) is 20.3. The second-order valence-electron chi connectivity index (χ2n) is 24.0. The maximum atomic E-state index is 13.4. The second-order valence-corrected chi connectivity index (χ2v) is 26.3. The van der Waals surface area contributed by atoms with Gasteiger partial charge in [-0.15, -0.1) is 0 Å². The van der Waals surface area contributed by atoms with Crippen molar-refractivity contribution in [3.8, 4) is 0 Å². The first kappa shape index (κ1) is 52.0. The van der Waals surface area contributed by atoms with E-state index in [1.165, 1.54) is 38.5 Å². The Balaban J connectivity index is 1.17. The van der Waals surface area contributed by atoms with E-state index in [-0.39, 0.29) is 75.8 Å². The Morgan fingerprint density at radius 1 is 0.781 bits per heavy atom. The molecule has 5 saturated carbocycles. The van der Waals surface area contributed by atoms with Crippen LogP contribution in [0.25, 0.3) is 0 Å². The van der Waals surface area contributed by atoms with Gasteiger partial charge in [0.2, 0.25) is 0 Å². The number of aliphatic carboxylic acids is 1. The molecule has 370 valence electrons. The molecular formula is C51H90N2O10S. The molecule has 0 amide bonds. The third kappa shape index (κ3) is 10.6. The van der Waals surface area contributed by atoms with Crippen molar-refractivity contribution in [2.45, 2.75) is 170 Å². The van der Waals surface area contributed by atoms with Gasteiger partial charge >= 0.3 is 11.9 Å². The number of carboxylic acids is 1. The number of carbonyl (C=O) groups excluding carboxylic acids is 1. The van der Waals surface area contributed by atoms with E-state index >= 15 is 0 Å². The van der Waals surface area contributed by atoms with E-state index in [9.17, 15) is 23.1 Å². The number of fused-ring (bicyclic) bond motifs is 7. The lowest BCUT2D eigenvalue weighted by atomic mass is 9.32. The number of nitrogens with zero attached hydrogens (tertiary/aromatic N) is 1. The van der Waals surface area contributed by atoms with Gasteiger partial charge in [0.1, 0.15) is 6.10 Å². The fourth-order valence-electron chi connectivity index (χ4n) is 15.8. The maximum Gasteiger partial charge on any atom is 0.306 e. The number of sulfone groups is 1. The molecule has 0 unspecified atom stereocenters. The normalized spacial score (nSPS) is 38.1. The average molecular weight is 923 g/mol. The highest BCUT2D eigenvalue weighted by Gasteiger charge is 2.71. The van der Waals surface area contributed by atoms with Crippen LogP contribution in [0.1, 0.15) is 146 Å². The van der Waals surface area contributed by atoms with Crippen molar-refractivity contribution >= 4 is 21.8 Å². The largest absolute Gasteiger partial charge is 0.481 e. The molecule has 0 aromatic rings. The molecule has 0 bridgehead atoms. The van der Waals surface area contributed by atoms with Crippen molar-refractivity contribution < 1.29 is 46.8 Å². The lowest BCUT2D eigenvalue weighted by Crippen LogP contribution is -2.69. The monoisotopic (exact) mass is 923 g/mol. The van der Waals surface area contributed by atoms with Crippen molar-refractivity contribution in [2.24, 2.45) is 62.6 Å². The highest BCUT2D eigenvalue weighted by atomic mass is 32.2. The van der Waals surface area contributed by atoms with Crippen molar-refractivity contribution in [1.29, 1.82) is 0 Å². The zero-order valence-electron chi connectivity index (χ0n) is 41.9. The molecular weight excluding hydrogens is 833 g/mol. The van der Waals surface area contributed by atoms with Gasteiger partial charge in [-0.25, -0.2) is 8.42 Å². The van der Waals surface area contributed by atoms with Crippen LogP contribution in [0.2, 0.25) is 0 Å². The molecule has 0 radical (unpaired) electrons. The van der Waals surface area contributed by atoms with E-state index in [0.717, 1.165) is 32.2 Å². The number of ether oxygens (including phenoxy) is 5. The molecule has 6 aliphatic rings. The van der Waals surface area contributed by atoms with Crippen molar-refractivity contribution in [2.75, 3.05) is 77.9 Å². The first-order chi connectivity index (χ1) is 30.0. The van der Waals surface area contributed by atoms with E-state index in [2.05, 4.69) is 65.6 Å². The summed E-state index contributed by atoms with van der Waals surface area (Å²) in [6.07, 6.45) is 11.3. The summed E-state index contributed by atoms with van der Waals surface area (Å²) in [6, 6.07) is 0.0479. The molecule has 13 heteroatoms. The number of carbonyl (C=O) groups is 2. The fraction of sp³-hybridized carbons (Fsp3) is 0.961. The van der Waals surface area contributed by atoms with Crippen LogP contribution in [0.4, 0.5) is 0 Å². The molecule has 6 fully saturated rings. The van der Waals surface area contributed by atoms with E-state index in [1.54, 1.807) is 7.11 Å². The van der Waals surface area contributed by atoms with Crippen LogP contribution in [-0.2, 0) is 43.1 Å². The summed E-state index contributed by atoms with van der Waals surface area (Å²) in [6.45, 7) is 28.3. The zero-order valence-corrected chi connectivity index (χ0v) is 42.8. The number of hydrogen-bond donors (Lipinski definition) is 2. The molecule has 12 nitrogen and oxygen atoms in total.